The molecule has 10 nitrogen and oxygen atoms in total. The summed E-state index contributed by atoms with van der Waals surface area (Å²) in [6.07, 6.45) is 1.38. The number of carbonyl (C=O) groups is 1. The molecule has 0 aliphatic carbocycles. The van der Waals surface area contributed by atoms with Crippen molar-refractivity contribution in [3.8, 4) is 11.5 Å². The molecule has 3 aromatic carbocycles. The van der Waals surface area contributed by atoms with Crippen LogP contribution in [0.25, 0.3) is 0 Å². The fraction of sp³-hybridized carbons (Fsp3) is 0.130. The molecule has 0 saturated heterocycles. The van der Waals surface area contributed by atoms with Gasteiger partial charge in [0.15, 0.2) is 0 Å². The van der Waals surface area contributed by atoms with Gasteiger partial charge in [-0.05, 0) is 67.4 Å². The second kappa shape index (κ2) is 10.1. The molecule has 0 aliphatic rings. The number of ether oxygens (including phenoxy) is 1. The third-order valence-corrected chi connectivity index (χ3v) is 5.98. The third kappa shape index (κ3) is 5.75. The van der Waals surface area contributed by atoms with Crippen LogP contribution in [0.5, 0.6) is 11.5 Å². The molecule has 1 N–H and O–H groups in total. The van der Waals surface area contributed by atoms with Crippen molar-refractivity contribution in [1.82, 2.24) is 5.43 Å². The van der Waals surface area contributed by atoms with Crippen LogP contribution in [0.3, 0.4) is 0 Å². The van der Waals surface area contributed by atoms with Gasteiger partial charge in [-0.25, -0.2) is 5.43 Å². The highest BCUT2D eigenvalue weighted by Crippen LogP contribution is 2.25. The Morgan fingerprint density at radius 2 is 1.76 bits per heavy atom. The van der Waals surface area contributed by atoms with E-state index in [1.54, 1.807) is 18.2 Å². The van der Waals surface area contributed by atoms with Crippen LogP contribution in [-0.2, 0) is 10.1 Å². The minimum absolute atomic E-state index is 0.00815. The molecule has 0 unspecified atom stereocenters. The Labute approximate surface area is 196 Å². The topological polar surface area (TPSA) is 137 Å². The van der Waals surface area contributed by atoms with Gasteiger partial charge in [0.2, 0.25) is 0 Å². The number of rotatable bonds is 8. The molecule has 0 saturated carbocycles. The molecule has 0 aliphatic heterocycles. The maximum absolute atomic E-state index is 12.5. The van der Waals surface area contributed by atoms with Gasteiger partial charge >= 0.3 is 10.1 Å². The average molecular weight is 484 g/mol. The van der Waals surface area contributed by atoms with E-state index in [1.807, 2.05) is 6.92 Å². The van der Waals surface area contributed by atoms with Gasteiger partial charge in [0.25, 0.3) is 11.6 Å². The Balaban J connectivity index is 1.67. The highest BCUT2D eigenvalue weighted by Gasteiger charge is 2.21. The van der Waals surface area contributed by atoms with Crippen molar-refractivity contribution < 1.29 is 27.1 Å². The van der Waals surface area contributed by atoms with Gasteiger partial charge in [-0.2, -0.15) is 13.5 Å². The van der Waals surface area contributed by atoms with E-state index in [0.29, 0.717) is 22.4 Å². The summed E-state index contributed by atoms with van der Waals surface area (Å²) < 4.78 is 35.3. The van der Waals surface area contributed by atoms with Crippen LogP contribution in [0.2, 0.25) is 0 Å². The number of carbonyl (C=O) groups excluding carboxylic acids is 1. The second-order valence-electron chi connectivity index (χ2n) is 7.21. The quantitative estimate of drug-likeness (QED) is 0.223. The van der Waals surface area contributed by atoms with Gasteiger partial charge in [-0.15, -0.1) is 0 Å². The maximum Gasteiger partial charge on any atom is 0.339 e. The van der Waals surface area contributed by atoms with E-state index in [9.17, 15) is 23.3 Å². The summed E-state index contributed by atoms with van der Waals surface area (Å²) in [5, 5.41) is 15.0. The van der Waals surface area contributed by atoms with E-state index in [0.717, 1.165) is 11.6 Å². The molecule has 0 aromatic heterocycles. The van der Waals surface area contributed by atoms with Crippen molar-refractivity contribution in [3.05, 3.63) is 93.0 Å². The fourth-order valence-corrected chi connectivity index (χ4v) is 3.89. The molecule has 0 atom stereocenters. The first-order valence-electron chi connectivity index (χ1n) is 9.88. The molecule has 3 rings (SSSR count). The number of amides is 1. The molecule has 0 radical (unpaired) electrons. The van der Waals surface area contributed by atoms with Gasteiger partial charge in [-0.1, -0.05) is 12.1 Å². The third-order valence-electron chi connectivity index (χ3n) is 4.73. The number of nitrogens with one attached hydrogen (secondary N) is 1. The van der Waals surface area contributed by atoms with Crippen LogP contribution in [0.15, 0.2) is 70.7 Å². The Morgan fingerprint density at radius 1 is 1.06 bits per heavy atom. The number of aryl methyl sites for hydroxylation is 2. The number of nitrogens with zero attached hydrogens (tertiary/aromatic N) is 2. The van der Waals surface area contributed by atoms with Crippen LogP contribution < -0.4 is 14.3 Å². The molecule has 3 aromatic rings. The molecule has 0 spiro atoms. The van der Waals surface area contributed by atoms with Crippen molar-refractivity contribution in [2.75, 3.05) is 7.11 Å². The summed E-state index contributed by atoms with van der Waals surface area (Å²) in [6, 6.07) is 14.5. The van der Waals surface area contributed by atoms with Gasteiger partial charge in [0.05, 0.1) is 23.8 Å². The van der Waals surface area contributed by atoms with Gasteiger partial charge in [0, 0.05) is 11.6 Å². The number of methoxy groups -OCH3 is 1. The van der Waals surface area contributed by atoms with E-state index >= 15 is 0 Å². The average Bonchev–Trinajstić information content (AvgIpc) is 2.79. The largest absolute Gasteiger partial charge is 0.496 e. The molecular formula is C23H21N3O7S. The zero-order chi connectivity index (χ0) is 24.9. The molecular weight excluding hydrogens is 462 g/mol. The van der Waals surface area contributed by atoms with Crippen molar-refractivity contribution in [2.24, 2.45) is 5.10 Å². The highest BCUT2D eigenvalue weighted by molar-refractivity contribution is 7.87. The number of hydrazone groups is 1. The predicted molar refractivity (Wildman–Crippen MR) is 125 cm³/mol. The molecule has 1 amide bonds. The van der Waals surface area contributed by atoms with Crippen molar-refractivity contribution in [3.63, 3.8) is 0 Å². The number of benzene rings is 3. The number of nitro benzene ring substituents is 1. The standard InChI is InChI=1S/C23H21N3O7S/c1-15-4-11-20(22(12-15)32-3)23(27)25-24-14-17-6-8-18(9-7-17)33-34(30,31)19-10-5-16(2)21(13-19)26(28)29/h4-14H,1-3H3,(H,25,27). The summed E-state index contributed by atoms with van der Waals surface area (Å²) in [5.41, 5.74) is 4.26. The lowest BCUT2D eigenvalue weighted by molar-refractivity contribution is -0.385. The maximum atomic E-state index is 12.5. The lowest BCUT2D eigenvalue weighted by Gasteiger charge is -2.08. The summed E-state index contributed by atoms with van der Waals surface area (Å²) in [4.78, 5) is 22.4. The van der Waals surface area contributed by atoms with Crippen molar-refractivity contribution in [2.45, 2.75) is 18.7 Å². The fourth-order valence-electron chi connectivity index (χ4n) is 2.94. The van der Waals surface area contributed by atoms with Crippen LogP contribution in [-0.4, -0.2) is 32.6 Å². The molecule has 34 heavy (non-hydrogen) atoms. The summed E-state index contributed by atoms with van der Waals surface area (Å²) >= 11 is 0. The minimum atomic E-state index is -4.27. The second-order valence-corrected chi connectivity index (χ2v) is 8.76. The molecule has 176 valence electrons. The van der Waals surface area contributed by atoms with Gasteiger partial charge < -0.3 is 8.92 Å². The van der Waals surface area contributed by atoms with E-state index in [2.05, 4.69) is 10.5 Å². The Bertz CT molecular complexity index is 1370. The molecule has 0 fully saturated rings. The summed E-state index contributed by atoms with van der Waals surface area (Å²) in [6.45, 7) is 3.39. The smallest absolute Gasteiger partial charge is 0.339 e. The van der Waals surface area contributed by atoms with Crippen LogP contribution in [0, 0.1) is 24.0 Å². The molecule has 0 bridgehead atoms. The Hall–Kier alpha value is -4.25. The Morgan fingerprint density at radius 3 is 2.41 bits per heavy atom. The first kappa shape index (κ1) is 24.4. The van der Waals surface area contributed by atoms with E-state index in [4.69, 9.17) is 8.92 Å². The summed E-state index contributed by atoms with van der Waals surface area (Å²) in [7, 11) is -2.80. The lowest BCUT2D eigenvalue weighted by atomic mass is 10.1. The van der Waals surface area contributed by atoms with E-state index in [-0.39, 0.29) is 16.3 Å². The first-order valence-corrected chi connectivity index (χ1v) is 11.3. The summed E-state index contributed by atoms with van der Waals surface area (Å²) in [5.74, 6) is -0.0190. The van der Waals surface area contributed by atoms with Crippen LogP contribution >= 0.6 is 0 Å². The number of nitro groups is 1. The predicted octanol–water partition coefficient (Wildman–Crippen LogP) is 3.75. The Kier molecular flexibility index (Phi) is 7.27. The minimum Gasteiger partial charge on any atom is -0.496 e. The molecule has 11 heteroatoms. The van der Waals surface area contributed by atoms with E-state index in [1.165, 1.54) is 56.6 Å². The number of hydrogen-bond acceptors (Lipinski definition) is 8. The van der Waals surface area contributed by atoms with Crippen LogP contribution in [0.1, 0.15) is 27.0 Å². The molecule has 0 heterocycles. The van der Waals surface area contributed by atoms with Crippen molar-refractivity contribution >= 4 is 27.9 Å². The van der Waals surface area contributed by atoms with Crippen LogP contribution in [0.4, 0.5) is 5.69 Å². The van der Waals surface area contributed by atoms with Gasteiger partial charge in [0.1, 0.15) is 16.4 Å². The SMILES string of the molecule is COc1cc(C)ccc1C(=O)NN=Cc1ccc(OS(=O)(=O)c2ccc(C)c([N+](=O)[O-])c2)cc1. The number of hydrogen-bond donors (Lipinski definition) is 1. The zero-order valence-electron chi connectivity index (χ0n) is 18.5. The van der Waals surface area contributed by atoms with Crippen molar-refractivity contribution in [1.29, 1.82) is 0 Å². The first-order chi connectivity index (χ1) is 16.1. The van der Waals surface area contributed by atoms with Gasteiger partial charge in [-0.3, -0.25) is 14.9 Å². The monoisotopic (exact) mass is 483 g/mol. The zero-order valence-corrected chi connectivity index (χ0v) is 19.3. The lowest BCUT2D eigenvalue weighted by Crippen LogP contribution is -2.18. The van der Waals surface area contributed by atoms with E-state index < -0.39 is 20.9 Å². The normalized spacial score (nSPS) is 11.3. The highest BCUT2D eigenvalue weighted by atomic mass is 32.2.